The van der Waals surface area contributed by atoms with Crippen LogP contribution in [0, 0.1) is 6.92 Å². The summed E-state index contributed by atoms with van der Waals surface area (Å²) in [7, 11) is 0. The van der Waals surface area contributed by atoms with Gasteiger partial charge in [-0.1, -0.05) is 54.0 Å². The van der Waals surface area contributed by atoms with Crippen LogP contribution in [0.1, 0.15) is 24.5 Å². The van der Waals surface area contributed by atoms with E-state index in [9.17, 15) is 4.79 Å². The minimum absolute atomic E-state index is 0.261. The third-order valence-corrected chi connectivity index (χ3v) is 5.30. The van der Waals surface area contributed by atoms with Crippen LogP contribution < -0.4 is 5.69 Å². The standard InChI is InChI=1S/C16H16Cl2N4OS/c1-3-6-24-15-20-13(18)12-14(21-15)22(16(23)19-12)8-10-5-4-9(2)11(17)7-10/h4-5,7H,3,6,8H2,1-2H3,(H,19,23). The number of aromatic amines is 1. The van der Waals surface area contributed by atoms with Crippen LogP contribution in [0.5, 0.6) is 0 Å². The summed E-state index contributed by atoms with van der Waals surface area (Å²) in [6, 6.07) is 5.74. The lowest BCUT2D eigenvalue weighted by molar-refractivity contribution is 0.771. The molecule has 0 aliphatic heterocycles. The summed E-state index contributed by atoms with van der Waals surface area (Å²) in [6.07, 6.45) is 1.01. The number of aryl methyl sites for hydroxylation is 1. The Morgan fingerprint density at radius 1 is 1.29 bits per heavy atom. The number of benzene rings is 1. The Morgan fingerprint density at radius 3 is 2.79 bits per heavy atom. The summed E-state index contributed by atoms with van der Waals surface area (Å²) in [5, 5.41) is 1.51. The number of hydrogen-bond donors (Lipinski definition) is 1. The number of nitrogens with one attached hydrogen (secondary N) is 1. The Morgan fingerprint density at radius 2 is 2.08 bits per heavy atom. The summed E-state index contributed by atoms with van der Waals surface area (Å²) in [5.41, 5.74) is 2.62. The number of H-pyrrole nitrogens is 1. The van der Waals surface area contributed by atoms with Crippen molar-refractivity contribution in [3.63, 3.8) is 0 Å². The van der Waals surface area contributed by atoms with Crippen molar-refractivity contribution in [2.45, 2.75) is 32.0 Å². The van der Waals surface area contributed by atoms with E-state index in [1.54, 1.807) is 4.57 Å². The first-order valence-corrected chi connectivity index (χ1v) is 9.27. The Balaban J connectivity index is 2.05. The molecule has 2 aromatic heterocycles. The van der Waals surface area contributed by atoms with Gasteiger partial charge in [0.05, 0.1) is 6.54 Å². The molecule has 1 N–H and O–H groups in total. The molecular formula is C16H16Cl2N4OS. The number of halogens is 2. The second-order valence-electron chi connectivity index (χ2n) is 5.44. The van der Waals surface area contributed by atoms with Crippen LogP contribution in [0.25, 0.3) is 11.2 Å². The fourth-order valence-corrected chi connectivity index (χ4v) is 3.46. The number of thioether (sulfide) groups is 1. The zero-order valence-corrected chi connectivity index (χ0v) is 15.6. The van der Waals surface area contributed by atoms with Crippen LogP contribution >= 0.6 is 35.0 Å². The molecule has 0 bridgehead atoms. The first-order valence-electron chi connectivity index (χ1n) is 7.53. The average molecular weight is 383 g/mol. The molecule has 0 aliphatic carbocycles. The molecule has 2 heterocycles. The molecular weight excluding hydrogens is 367 g/mol. The van der Waals surface area contributed by atoms with E-state index in [4.69, 9.17) is 23.2 Å². The molecule has 24 heavy (non-hydrogen) atoms. The van der Waals surface area contributed by atoms with Crippen LogP contribution in [0.15, 0.2) is 28.2 Å². The molecule has 3 aromatic rings. The molecule has 5 nitrogen and oxygen atoms in total. The summed E-state index contributed by atoms with van der Waals surface area (Å²) >= 11 is 13.9. The van der Waals surface area contributed by atoms with Gasteiger partial charge in [-0.15, -0.1) is 0 Å². The Hall–Kier alpha value is -1.50. The molecule has 3 rings (SSSR count). The van der Waals surface area contributed by atoms with Gasteiger partial charge in [-0.3, -0.25) is 4.57 Å². The SMILES string of the molecule is CCCSc1nc(Cl)c2[nH]c(=O)n(Cc3ccc(C)c(Cl)c3)c2n1. The molecule has 8 heteroatoms. The second kappa shape index (κ2) is 7.17. The topological polar surface area (TPSA) is 63.6 Å². The fourth-order valence-electron chi connectivity index (χ4n) is 2.30. The van der Waals surface area contributed by atoms with Gasteiger partial charge in [0.1, 0.15) is 5.52 Å². The van der Waals surface area contributed by atoms with Crippen LogP contribution in [0.2, 0.25) is 10.2 Å². The van der Waals surface area contributed by atoms with E-state index in [2.05, 4.69) is 21.9 Å². The average Bonchev–Trinajstić information content (AvgIpc) is 2.86. The number of hydrogen-bond acceptors (Lipinski definition) is 4. The van der Waals surface area contributed by atoms with E-state index in [0.717, 1.165) is 23.3 Å². The summed E-state index contributed by atoms with van der Waals surface area (Å²) in [5.74, 6) is 0.893. The lowest BCUT2D eigenvalue weighted by atomic mass is 10.1. The first kappa shape index (κ1) is 17.3. The van der Waals surface area contributed by atoms with E-state index >= 15 is 0 Å². The maximum absolute atomic E-state index is 12.3. The van der Waals surface area contributed by atoms with Crippen molar-refractivity contribution in [3.05, 3.63) is 50.0 Å². The van der Waals surface area contributed by atoms with E-state index in [0.29, 0.717) is 27.9 Å². The predicted octanol–water partition coefficient (Wildman–Crippen LogP) is 4.29. The molecule has 0 radical (unpaired) electrons. The summed E-state index contributed by atoms with van der Waals surface area (Å²) in [4.78, 5) is 23.8. The van der Waals surface area contributed by atoms with E-state index < -0.39 is 0 Å². The molecule has 0 aliphatic rings. The number of fused-ring (bicyclic) bond motifs is 1. The van der Waals surface area contributed by atoms with Crippen LogP contribution in [0.4, 0.5) is 0 Å². The number of aromatic nitrogens is 4. The van der Waals surface area contributed by atoms with Gasteiger partial charge in [0.25, 0.3) is 0 Å². The van der Waals surface area contributed by atoms with Gasteiger partial charge in [-0.25, -0.2) is 14.8 Å². The maximum atomic E-state index is 12.3. The highest BCUT2D eigenvalue weighted by Gasteiger charge is 2.15. The molecule has 0 saturated carbocycles. The molecule has 0 unspecified atom stereocenters. The van der Waals surface area contributed by atoms with Crippen molar-refractivity contribution in [1.82, 2.24) is 19.5 Å². The minimum Gasteiger partial charge on any atom is -0.302 e. The highest BCUT2D eigenvalue weighted by molar-refractivity contribution is 7.99. The van der Waals surface area contributed by atoms with Crippen molar-refractivity contribution in [3.8, 4) is 0 Å². The van der Waals surface area contributed by atoms with E-state index in [-0.39, 0.29) is 10.8 Å². The van der Waals surface area contributed by atoms with Crippen molar-refractivity contribution >= 4 is 46.1 Å². The van der Waals surface area contributed by atoms with Gasteiger partial charge in [0.2, 0.25) is 0 Å². The van der Waals surface area contributed by atoms with Crippen molar-refractivity contribution in [2.24, 2.45) is 0 Å². The molecule has 0 saturated heterocycles. The van der Waals surface area contributed by atoms with Gasteiger partial charge < -0.3 is 4.98 Å². The Bertz CT molecular complexity index is 951. The van der Waals surface area contributed by atoms with Crippen LogP contribution in [-0.2, 0) is 6.54 Å². The van der Waals surface area contributed by atoms with Crippen molar-refractivity contribution in [2.75, 3.05) is 5.75 Å². The third kappa shape index (κ3) is 3.45. The van der Waals surface area contributed by atoms with Gasteiger partial charge in [0, 0.05) is 10.8 Å². The van der Waals surface area contributed by atoms with Gasteiger partial charge in [0.15, 0.2) is 16.0 Å². The minimum atomic E-state index is -0.268. The van der Waals surface area contributed by atoms with Crippen LogP contribution in [-0.4, -0.2) is 25.3 Å². The van der Waals surface area contributed by atoms with E-state index in [1.165, 1.54) is 11.8 Å². The lowest BCUT2D eigenvalue weighted by Crippen LogP contribution is -2.17. The van der Waals surface area contributed by atoms with E-state index in [1.807, 2.05) is 25.1 Å². The van der Waals surface area contributed by atoms with Crippen molar-refractivity contribution in [1.29, 1.82) is 0 Å². The predicted molar refractivity (Wildman–Crippen MR) is 99.5 cm³/mol. The van der Waals surface area contributed by atoms with Gasteiger partial charge in [-0.05, 0) is 30.5 Å². The van der Waals surface area contributed by atoms with Gasteiger partial charge in [-0.2, -0.15) is 0 Å². The normalized spacial score (nSPS) is 11.3. The van der Waals surface area contributed by atoms with Crippen molar-refractivity contribution < 1.29 is 0 Å². The quantitative estimate of drug-likeness (QED) is 0.406. The summed E-state index contributed by atoms with van der Waals surface area (Å²) < 4.78 is 1.56. The highest BCUT2D eigenvalue weighted by Crippen LogP contribution is 2.23. The largest absolute Gasteiger partial charge is 0.328 e. The number of rotatable bonds is 5. The molecule has 0 amide bonds. The molecule has 0 atom stereocenters. The second-order valence-corrected chi connectivity index (χ2v) is 7.27. The third-order valence-electron chi connectivity index (χ3n) is 3.57. The molecule has 1 aromatic carbocycles. The van der Waals surface area contributed by atoms with Gasteiger partial charge >= 0.3 is 5.69 Å². The Labute approximate surface area is 153 Å². The van der Waals surface area contributed by atoms with Crippen LogP contribution in [0.3, 0.4) is 0 Å². The highest BCUT2D eigenvalue weighted by atomic mass is 35.5. The fraction of sp³-hybridized carbons (Fsp3) is 0.312. The first-order chi connectivity index (χ1) is 11.5. The molecule has 0 spiro atoms. The number of nitrogens with zero attached hydrogens (tertiary/aromatic N) is 3. The number of imidazole rings is 1. The monoisotopic (exact) mass is 382 g/mol. The Kier molecular flexibility index (Phi) is 5.18. The zero-order valence-electron chi connectivity index (χ0n) is 13.3. The maximum Gasteiger partial charge on any atom is 0.328 e. The summed E-state index contributed by atoms with van der Waals surface area (Å²) in [6.45, 7) is 4.39. The smallest absolute Gasteiger partial charge is 0.302 e. The lowest BCUT2D eigenvalue weighted by Gasteiger charge is -2.06. The molecule has 0 fully saturated rings. The molecule has 126 valence electrons. The zero-order chi connectivity index (χ0) is 17.3.